The zero-order valence-corrected chi connectivity index (χ0v) is 11.6. The zero-order valence-electron chi connectivity index (χ0n) is 10.8. The van der Waals surface area contributed by atoms with Gasteiger partial charge in [0, 0.05) is 18.7 Å². The van der Waals surface area contributed by atoms with Gasteiger partial charge in [-0.25, -0.2) is 4.98 Å². The Labute approximate surface area is 115 Å². The Hall–Kier alpha value is -1.24. The summed E-state index contributed by atoms with van der Waals surface area (Å²) in [7, 11) is 1.66. The first kappa shape index (κ1) is 12.8. The monoisotopic (exact) mass is 279 g/mol. The summed E-state index contributed by atoms with van der Waals surface area (Å²) in [6, 6.07) is 5.98. The fourth-order valence-corrected chi connectivity index (χ4v) is 3.22. The average molecular weight is 279 g/mol. The second kappa shape index (κ2) is 5.40. The molecule has 3 rings (SSSR count). The summed E-state index contributed by atoms with van der Waals surface area (Å²) in [5, 5.41) is 1.14. The number of methoxy groups -OCH3 is 1. The van der Waals surface area contributed by atoms with Gasteiger partial charge in [-0.3, -0.25) is 0 Å². The maximum absolute atomic E-state index is 6.10. The van der Waals surface area contributed by atoms with Crippen molar-refractivity contribution in [3.05, 3.63) is 18.2 Å². The Morgan fingerprint density at radius 1 is 1.53 bits per heavy atom. The smallest absolute Gasteiger partial charge is 0.166 e. The molecule has 0 radical (unpaired) electrons. The van der Waals surface area contributed by atoms with E-state index in [9.17, 15) is 0 Å². The average Bonchev–Trinajstić information content (AvgIpc) is 2.82. The van der Waals surface area contributed by atoms with E-state index in [4.69, 9.17) is 15.2 Å². The molecule has 2 atom stereocenters. The van der Waals surface area contributed by atoms with E-state index in [0.29, 0.717) is 6.61 Å². The summed E-state index contributed by atoms with van der Waals surface area (Å²) < 4.78 is 10.7. The number of hydrogen-bond acceptors (Lipinski definition) is 5. The van der Waals surface area contributed by atoms with Gasteiger partial charge in [0.1, 0.15) is 5.75 Å². The molecule has 0 bridgehead atoms. The van der Waals surface area contributed by atoms with Gasteiger partial charge in [0.25, 0.3) is 0 Å². The van der Waals surface area contributed by atoms with Gasteiger partial charge in [-0.1, -0.05) is 11.8 Å². The summed E-state index contributed by atoms with van der Waals surface area (Å²) in [6.45, 7) is 1.45. The van der Waals surface area contributed by atoms with Gasteiger partial charge in [0.05, 0.1) is 30.0 Å². The number of rotatable bonds is 3. The molecule has 1 fully saturated rings. The highest BCUT2D eigenvalue weighted by atomic mass is 32.2. The molecule has 2 aromatic rings. The molecular formula is C13H17N3O2S. The van der Waals surface area contributed by atoms with Crippen LogP contribution in [0.15, 0.2) is 23.4 Å². The van der Waals surface area contributed by atoms with Crippen LogP contribution in [0, 0.1) is 0 Å². The molecular weight excluding hydrogens is 262 g/mol. The summed E-state index contributed by atoms with van der Waals surface area (Å²) in [5.41, 5.74) is 8.02. The number of nitrogens with two attached hydrogens (primary N) is 1. The van der Waals surface area contributed by atoms with Crippen LogP contribution in [0.5, 0.6) is 5.75 Å². The van der Waals surface area contributed by atoms with Crippen molar-refractivity contribution in [2.75, 3.05) is 20.3 Å². The van der Waals surface area contributed by atoms with E-state index in [-0.39, 0.29) is 11.3 Å². The van der Waals surface area contributed by atoms with Crippen molar-refractivity contribution in [1.82, 2.24) is 9.97 Å². The number of aromatic nitrogens is 2. The topological polar surface area (TPSA) is 73.2 Å². The molecule has 0 amide bonds. The highest BCUT2D eigenvalue weighted by Crippen LogP contribution is 2.28. The molecule has 0 aliphatic carbocycles. The number of nitrogens with zero attached hydrogens (tertiary/aromatic N) is 1. The van der Waals surface area contributed by atoms with E-state index in [1.165, 1.54) is 0 Å². The molecule has 1 aromatic heterocycles. The second-order valence-corrected chi connectivity index (χ2v) is 5.84. The van der Waals surface area contributed by atoms with Gasteiger partial charge >= 0.3 is 0 Å². The molecule has 19 heavy (non-hydrogen) atoms. The molecule has 1 aliphatic rings. The molecule has 5 nitrogen and oxygen atoms in total. The minimum absolute atomic E-state index is 0.168. The summed E-state index contributed by atoms with van der Waals surface area (Å²) >= 11 is 1.65. The van der Waals surface area contributed by atoms with Crippen molar-refractivity contribution < 1.29 is 9.47 Å². The number of aromatic amines is 1. The lowest BCUT2D eigenvalue weighted by Crippen LogP contribution is -2.40. The zero-order chi connectivity index (χ0) is 13.2. The van der Waals surface area contributed by atoms with Gasteiger partial charge in [0.2, 0.25) is 0 Å². The van der Waals surface area contributed by atoms with Crippen LogP contribution >= 0.6 is 11.8 Å². The van der Waals surface area contributed by atoms with E-state index in [2.05, 4.69) is 9.97 Å². The molecule has 0 saturated carbocycles. The van der Waals surface area contributed by atoms with Gasteiger partial charge in [0.15, 0.2) is 5.16 Å². The Bertz CT molecular complexity index is 572. The van der Waals surface area contributed by atoms with Gasteiger partial charge < -0.3 is 20.2 Å². The molecule has 0 spiro atoms. The van der Waals surface area contributed by atoms with Crippen molar-refractivity contribution in [2.45, 2.75) is 22.9 Å². The molecule has 6 heteroatoms. The molecule has 1 aromatic carbocycles. The highest BCUT2D eigenvalue weighted by molar-refractivity contribution is 7.99. The van der Waals surface area contributed by atoms with Crippen LogP contribution in [0.4, 0.5) is 0 Å². The number of benzene rings is 1. The van der Waals surface area contributed by atoms with Crippen LogP contribution in [-0.2, 0) is 4.74 Å². The number of H-pyrrole nitrogens is 1. The van der Waals surface area contributed by atoms with E-state index in [1.807, 2.05) is 18.2 Å². The van der Waals surface area contributed by atoms with E-state index in [1.54, 1.807) is 18.9 Å². The predicted molar refractivity (Wildman–Crippen MR) is 75.7 cm³/mol. The van der Waals surface area contributed by atoms with E-state index < -0.39 is 0 Å². The number of fused-ring (bicyclic) bond motifs is 1. The molecule has 1 aliphatic heterocycles. The van der Waals surface area contributed by atoms with Gasteiger partial charge in [-0.2, -0.15) is 0 Å². The van der Waals surface area contributed by atoms with Crippen LogP contribution < -0.4 is 10.5 Å². The molecule has 2 heterocycles. The fraction of sp³-hybridized carbons (Fsp3) is 0.462. The van der Waals surface area contributed by atoms with Crippen LogP contribution in [0.2, 0.25) is 0 Å². The minimum Gasteiger partial charge on any atom is -0.497 e. The molecule has 2 unspecified atom stereocenters. The maximum atomic E-state index is 6.10. The Morgan fingerprint density at radius 2 is 2.42 bits per heavy atom. The first-order valence-corrected chi connectivity index (χ1v) is 7.18. The van der Waals surface area contributed by atoms with Crippen LogP contribution in [-0.4, -0.2) is 41.6 Å². The van der Waals surface area contributed by atoms with Crippen molar-refractivity contribution in [2.24, 2.45) is 5.73 Å². The quantitative estimate of drug-likeness (QED) is 0.896. The standard InChI is InChI=1S/C13H17N3O2S/c1-17-8-2-3-10-11(6-8)16-13(15-10)19-12-7-18-5-4-9(12)14/h2-3,6,9,12H,4-5,7,14H2,1H3,(H,15,16). The normalized spacial score (nSPS) is 23.7. The van der Waals surface area contributed by atoms with Crippen LogP contribution in [0.1, 0.15) is 6.42 Å². The first-order chi connectivity index (χ1) is 9.26. The minimum atomic E-state index is 0.168. The number of imidazole rings is 1. The molecule has 3 N–H and O–H groups in total. The van der Waals surface area contributed by atoms with Crippen molar-refractivity contribution in [1.29, 1.82) is 0 Å². The second-order valence-electron chi connectivity index (χ2n) is 4.61. The molecule has 1 saturated heterocycles. The number of thioether (sulfide) groups is 1. The largest absolute Gasteiger partial charge is 0.497 e. The lowest BCUT2D eigenvalue weighted by molar-refractivity contribution is 0.0915. The third-order valence-corrected chi connectivity index (χ3v) is 4.49. The highest BCUT2D eigenvalue weighted by Gasteiger charge is 2.24. The lowest BCUT2D eigenvalue weighted by Gasteiger charge is -2.27. The van der Waals surface area contributed by atoms with Crippen LogP contribution in [0.25, 0.3) is 11.0 Å². The van der Waals surface area contributed by atoms with Crippen molar-refractivity contribution in [3.63, 3.8) is 0 Å². The first-order valence-electron chi connectivity index (χ1n) is 6.30. The Kier molecular flexibility index (Phi) is 3.63. The Balaban J connectivity index is 1.81. The molecule has 102 valence electrons. The summed E-state index contributed by atoms with van der Waals surface area (Å²) in [4.78, 5) is 7.86. The fourth-order valence-electron chi connectivity index (χ4n) is 2.14. The Morgan fingerprint density at radius 3 is 3.21 bits per heavy atom. The number of hydrogen-bond donors (Lipinski definition) is 2. The van der Waals surface area contributed by atoms with Gasteiger partial charge in [-0.15, -0.1) is 0 Å². The summed E-state index contributed by atoms with van der Waals surface area (Å²) in [6.07, 6.45) is 0.908. The van der Waals surface area contributed by atoms with Crippen molar-refractivity contribution >= 4 is 22.8 Å². The van der Waals surface area contributed by atoms with Gasteiger partial charge in [-0.05, 0) is 18.6 Å². The van der Waals surface area contributed by atoms with E-state index >= 15 is 0 Å². The SMILES string of the molecule is COc1ccc2nc(SC3COCCC3N)[nH]c2c1. The third-order valence-electron chi connectivity index (χ3n) is 3.29. The number of nitrogens with one attached hydrogen (secondary N) is 1. The maximum Gasteiger partial charge on any atom is 0.166 e. The summed E-state index contributed by atoms with van der Waals surface area (Å²) in [5.74, 6) is 0.824. The number of ether oxygens (including phenoxy) is 2. The van der Waals surface area contributed by atoms with Crippen molar-refractivity contribution in [3.8, 4) is 5.75 Å². The van der Waals surface area contributed by atoms with E-state index in [0.717, 1.165) is 35.0 Å². The van der Waals surface area contributed by atoms with Crippen LogP contribution in [0.3, 0.4) is 0 Å². The lowest BCUT2D eigenvalue weighted by atomic mass is 10.1. The third kappa shape index (κ3) is 2.70. The predicted octanol–water partition coefficient (Wildman–Crippen LogP) is 1.78.